The first-order chi connectivity index (χ1) is 16.8. The third kappa shape index (κ3) is 34.9. The predicted molar refractivity (Wildman–Crippen MR) is 173 cm³/mol. The molecule has 214 valence electrons. The predicted octanol–water partition coefficient (Wildman–Crippen LogP) is 13.7. The van der Waals surface area contributed by atoms with E-state index < -0.39 is 5.31 Å². The maximum absolute atomic E-state index is 3.98. The number of unbranched alkanes of at least 4 members (excludes halogenated alkanes) is 27. The SMILES string of the molecule is CCCCCCCCCCCCCCCCCCCCCCCCCCCCCCP(C)(C)(C)Br. The zero-order chi connectivity index (χ0) is 26.0. The molecule has 0 aliphatic carbocycles. The summed E-state index contributed by atoms with van der Waals surface area (Å²) in [6.07, 6.45) is 42.7. The third-order valence-electron chi connectivity index (χ3n) is 7.77. The molecule has 0 rings (SSSR count). The molecule has 0 bridgehead atoms. The average molecular weight is 578 g/mol. The van der Waals surface area contributed by atoms with Gasteiger partial charge in [-0.05, 0) is 0 Å². The zero-order valence-corrected chi connectivity index (χ0v) is 27.8. The Bertz CT molecular complexity index is 402. The van der Waals surface area contributed by atoms with Crippen LogP contribution in [0.25, 0.3) is 0 Å². The minimum absolute atomic E-state index is 1.37. The Hall–Kier alpha value is 0.910. The molecule has 0 aromatic heterocycles. The van der Waals surface area contributed by atoms with Gasteiger partial charge >= 0.3 is 118 Å². The van der Waals surface area contributed by atoms with Gasteiger partial charge in [-0.3, -0.25) is 0 Å². The van der Waals surface area contributed by atoms with Gasteiger partial charge in [0.1, 0.15) is 0 Å². The maximum atomic E-state index is 3.98. The number of halogens is 1. The van der Waals surface area contributed by atoms with E-state index in [0.29, 0.717) is 0 Å². The summed E-state index contributed by atoms with van der Waals surface area (Å²) in [7, 11) is 0. The fraction of sp³-hybridized carbons (Fsp3) is 1.00. The van der Waals surface area contributed by atoms with Crippen LogP contribution in [0, 0.1) is 0 Å². The van der Waals surface area contributed by atoms with E-state index in [9.17, 15) is 0 Å². The Morgan fingerprint density at radius 2 is 0.486 bits per heavy atom. The molecule has 0 amide bonds. The van der Waals surface area contributed by atoms with Gasteiger partial charge in [-0.1, -0.05) is 116 Å². The van der Waals surface area contributed by atoms with E-state index in [1.807, 2.05) is 0 Å². The van der Waals surface area contributed by atoms with E-state index in [4.69, 9.17) is 0 Å². The van der Waals surface area contributed by atoms with Gasteiger partial charge in [0.05, 0.1) is 0 Å². The van der Waals surface area contributed by atoms with Crippen molar-refractivity contribution in [1.29, 1.82) is 0 Å². The van der Waals surface area contributed by atoms with Crippen LogP contribution in [0.3, 0.4) is 0 Å². The summed E-state index contributed by atoms with van der Waals surface area (Å²) in [6, 6.07) is 0. The van der Waals surface area contributed by atoms with Crippen LogP contribution in [-0.2, 0) is 0 Å². The molecule has 0 N–H and O–H groups in total. The van der Waals surface area contributed by atoms with Crippen molar-refractivity contribution in [1.82, 2.24) is 0 Å². The van der Waals surface area contributed by atoms with Crippen LogP contribution in [0.5, 0.6) is 0 Å². The molecule has 0 fully saturated rings. The van der Waals surface area contributed by atoms with E-state index in [2.05, 4.69) is 42.4 Å². The van der Waals surface area contributed by atoms with Crippen LogP contribution in [0.1, 0.15) is 187 Å². The van der Waals surface area contributed by atoms with E-state index >= 15 is 0 Å². The molecule has 2 heteroatoms. The molecule has 0 aliphatic rings. The van der Waals surface area contributed by atoms with E-state index in [1.165, 1.54) is 186 Å². The first kappa shape index (κ1) is 35.9. The molecule has 0 unspecified atom stereocenters. The van der Waals surface area contributed by atoms with Crippen molar-refractivity contribution < 1.29 is 0 Å². The summed E-state index contributed by atoms with van der Waals surface area (Å²) in [5, 5.41) is -1.42. The third-order valence-corrected chi connectivity index (χ3v) is 10.7. The monoisotopic (exact) mass is 576 g/mol. The Morgan fingerprint density at radius 3 is 0.657 bits per heavy atom. The second kappa shape index (κ2) is 25.2. The standard InChI is InChI=1S/C33H70BrP/c1-5-6-7-8-9-10-11-12-13-14-15-16-17-18-19-20-21-22-23-24-25-26-27-28-29-30-31-32-33-35(2,3,4)34/h5-33H2,1-4H3. The van der Waals surface area contributed by atoms with Gasteiger partial charge in [0.15, 0.2) is 0 Å². The average Bonchev–Trinajstić information content (AvgIpc) is 2.79. The fourth-order valence-electron chi connectivity index (χ4n) is 5.32. The Kier molecular flexibility index (Phi) is 25.9. The van der Waals surface area contributed by atoms with Gasteiger partial charge in [0.25, 0.3) is 0 Å². The fourth-order valence-corrected chi connectivity index (χ4v) is 7.36. The van der Waals surface area contributed by atoms with E-state index in [1.54, 1.807) is 0 Å². The minimum atomic E-state index is -1.42. The normalized spacial score (nSPS) is 13.2. The van der Waals surface area contributed by atoms with Crippen LogP contribution >= 0.6 is 20.8 Å². The molecule has 0 spiro atoms. The molecular formula is C33H70BrP. The number of hydrogen-bond donors (Lipinski definition) is 0. The van der Waals surface area contributed by atoms with Gasteiger partial charge in [-0.2, -0.15) is 0 Å². The van der Waals surface area contributed by atoms with Crippen molar-refractivity contribution in [2.45, 2.75) is 187 Å². The van der Waals surface area contributed by atoms with Crippen LogP contribution in [0.2, 0.25) is 0 Å². The molecule has 0 aliphatic heterocycles. The number of rotatable bonds is 29. The van der Waals surface area contributed by atoms with E-state index in [0.717, 1.165) is 0 Å². The van der Waals surface area contributed by atoms with Crippen molar-refractivity contribution in [2.24, 2.45) is 0 Å². The Balaban J connectivity index is 3.07. The quantitative estimate of drug-likeness (QED) is 0.0613. The summed E-state index contributed by atoms with van der Waals surface area (Å²) in [4.78, 5) is 0. The molecule has 0 saturated carbocycles. The van der Waals surface area contributed by atoms with Gasteiger partial charge in [-0.15, -0.1) is 0 Å². The van der Waals surface area contributed by atoms with Crippen molar-refractivity contribution in [2.75, 3.05) is 26.2 Å². The topological polar surface area (TPSA) is 0 Å². The van der Waals surface area contributed by atoms with Crippen molar-refractivity contribution in [3.05, 3.63) is 0 Å². The first-order valence-electron chi connectivity index (χ1n) is 16.5. The molecular weight excluding hydrogens is 507 g/mol. The number of hydrogen-bond acceptors (Lipinski definition) is 0. The molecule has 0 nitrogen and oxygen atoms in total. The second-order valence-electron chi connectivity index (χ2n) is 13.2. The summed E-state index contributed by atoms with van der Waals surface area (Å²) in [5.41, 5.74) is 0. The van der Waals surface area contributed by atoms with Crippen LogP contribution < -0.4 is 0 Å². The van der Waals surface area contributed by atoms with Gasteiger partial charge in [0.2, 0.25) is 0 Å². The summed E-state index contributed by atoms with van der Waals surface area (Å²) in [6.45, 7) is 9.62. The van der Waals surface area contributed by atoms with Crippen LogP contribution in [0.4, 0.5) is 0 Å². The molecule has 0 saturated heterocycles. The van der Waals surface area contributed by atoms with Gasteiger partial charge in [0, 0.05) is 0 Å². The van der Waals surface area contributed by atoms with Crippen LogP contribution in [0.15, 0.2) is 0 Å². The molecule has 0 radical (unpaired) electrons. The molecule has 0 aromatic carbocycles. The van der Waals surface area contributed by atoms with Crippen molar-refractivity contribution in [3.8, 4) is 0 Å². The molecule has 0 atom stereocenters. The van der Waals surface area contributed by atoms with Crippen molar-refractivity contribution in [3.63, 3.8) is 0 Å². The van der Waals surface area contributed by atoms with E-state index in [-0.39, 0.29) is 0 Å². The molecule has 0 heterocycles. The second-order valence-corrected chi connectivity index (χ2v) is 27.4. The molecule has 0 aromatic rings. The summed E-state index contributed by atoms with van der Waals surface area (Å²) >= 11 is 3.98. The van der Waals surface area contributed by atoms with Crippen molar-refractivity contribution >= 4 is 20.8 Å². The first-order valence-corrected chi connectivity index (χ1v) is 22.3. The summed E-state index contributed by atoms with van der Waals surface area (Å²) < 4.78 is 0. The zero-order valence-electron chi connectivity index (χ0n) is 25.3. The Morgan fingerprint density at radius 1 is 0.314 bits per heavy atom. The summed E-state index contributed by atoms with van der Waals surface area (Å²) in [5.74, 6) is 0. The molecule has 35 heavy (non-hydrogen) atoms. The van der Waals surface area contributed by atoms with Gasteiger partial charge in [-0.25, -0.2) is 0 Å². The van der Waals surface area contributed by atoms with Crippen LogP contribution in [-0.4, -0.2) is 26.2 Å². The van der Waals surface area contributed by atoms with Gasteiger partial charge < -0.3 is 0 Å². The Labute approximate surface area is 233 Å².